The van der Waals surface area contributed by atoms with Crippen LogP contribution in [0, 0.1) is 16.7 Å². The summed E-state index contributed by atoms with van der Waals surface area (Å²) in [6.45, 7) is 9.62. The van der Waals surface area contributed by atoms with Gasteiger partial charge in [-0.25, -0.2) is 9.59 Å². The van der Waals surface area contributed by atoms with Crippen LogP contribution in [0.4, 0.5) is 0 Å². The zero-order valence-corrected chi connectivity index (χ0v) is 63.4. The molecule has 3 amide bonds. The highest BCUT2D eigenvalue weighted by Gasteiger charge is 2.79. The number of fused-ring (bicyclic) bond motifs is 8. The molecule has 30 heteroatoms. The van der Waals surface area contributed by atoms with Crippen molar-refractivity contribution < 1.29 is 131 Å². The number of aliphatic hydroxyl groups excluding tert-OH is 2. The van der Waals surface area contributed by atoms with Crippen molar-refractivity contribution in [1.29, 1.82) is 0 Å². The first kappa shape index (κ1) is 81.6. The normalized spacial score (nSPS) is 29.1. The van der Waals surface area contributed by atoms with E-state index in [1.165, 1.54) is 96.3 Å². The number of rotatable bonds is 23. The van der Waals surface area contributed by atoms with Gasteiger partial charge in [0.25, 0.3) is 5.91 Å². The number of amides is 3. The predicted molar refractivity (Wildman–Crippen MR) is 392 cm³/mol. The van der Waals surface area contributed by atoms with Crippen molar-refractivity contribution in [2.24, 2.45) is 16.7 Å². The molecular weight excluding hydrogens is 1470 g/mol. The number of phenolic OH excluding ortho intramolecular Hbond substituents is 2. The zero-order valence-electron chi connectivity index (χ0n) is 63.4. The van der Waals surface area contributed by atoms with Crippen LogP contribution in [-0.4, -0.2) is 200 Å². The highest BCUT2D eigenvalue weighted by atomic mass is 16.7. The second kappa shape index (κ2) is 32.0. The van der Waals surface area contributed by atoms with E-state index in [9.17, 15) is 83.4 Å². The highest BCUT2D eigenvalue weighted by Crippen LogP contribution is 2.65. The monoisotopic (exact) mass is 1560 g/mol. The first-order valence-corrected chi connectivity index (χ1v) is 37.0. The summed E-state index contributed by atoms with van der Waals surface area (Å²) < 4.78 is 55.3. The van der Waals surface area contributed by atoms with Gasteiger partial charge in [0.05, 0.1) is 78.0 Å². The Morgan fingerprint density at radius 1 is 0.717 bits per heavy atom. The minimum absolute atomic E-state index is 0.0212. The molecule has 12 rings (SSSR count). The summed E-state index contributed by atoms with van der Waals surface area (Å²) in [6, 6.07) is 25.3. The molecule has 0 spiro atoms. The van der Waals surface area contributed by atoms with Crippen molar-refractivity contribution in [2.75, 3.05) is 20.3 Å². The molecule has 598 valence electrons. The lowest BCUT2D eigenvalue weighted by atomic mass is 9.44. The van der Waals surface area contributed by atoms with Crippen LogP contribution in [0.25, 0.3) is 0 Å². The van der Waals surface area contributed by atoms with Gasteiger partial charge >= 0.3 is 29.8 Å². The summed E-state index contributed by atoms with van der Waals surface area (Å²) in [5.74, 6) is -14.0. The van der Waals surface area contributed by atoms with Gasteiger partial charge in [-0.05, 0) is 74.7 Å². The molecule has 113 heavy (non-hydrogen) atoms. The molecule has 30 nitrogen and oxygen atoms in total. The lowest BCUT2D eigenvalue weighted by Crippen LogP contribution is -2.82. The fraction of sp³-hybridized carbons (Fsp3) is 0.446. The number of benzene rings is 5. The Morgan fingerprint density at radius 3 is 1.97 bits per heavy atom. The highest BCUT2D eigenvalue weighted by molar-refractivity contribution is 6.31. The number of esters is 5. The molecule has 5 aliphatic carbocycles. The molecule has 17 atom stereocenters. The van der Waals surface area contributed by atoms with Gasteiger partial charge in [-0.1, -0.05) is 105 Å². The van der Waals surface area contributed by atoms with E-state index in [-0.39, 0.29) is 88.1 Å². The maximum atomic E-state index is 16.5. The molecule has 2 aliphatic heterocycles. The molecule has 0 unspecified atom stereocenters. The Kier molecular flexibility index (Phi) is 23.1. The first-order chi connectivity index (χ1) is 53.5. The Labute approximate surface area is 648 Å². The second-order valence-corrected chi connectivity index (χ2v) is 30.4. The summed E-state index contributed by atoms with van der Waals surface area (Å²) in [7, 11) is 1.28. The summed E-state index contributed by atoms with van der Waals surface area (Å²) in [4.78, 5) is 170. The number of hydrogen-bond acceptors (Lipinski definition) is 27. The van der Waals surface area contributed by atoms with E-state index in [0.29, 0.717) is 0 Å². The van der Waals surface area contributed by atoms with Gasteiger partial charge in [-0.2, -0.15) is 0 Å². The molecule has 9 N–H and O–H groups in total. The van der Waals surface area contributed by atoms with Crippen LogP contribution in [0.3, 0.4) is 0 Å². The number of Topliss-reactive ketones (excluding diaryl/α,β-unsaturated/α-hetero) is 2. The lowest BCUT2D eigenvalue weighted by molar-refractivity contribution is -0.346. The maximum Gasteiger partial charge on any atom is 0.338 e. The summed E-state index contributed by atoms with van der Waals surface area (Å²) in [5, 5.41) is 81.2. The quantitative estimate of drug-likeness (QED) is 0.0169. The van der Waals surface area contributed by atoms with Gasteiger partial charge < -0.3 is 89.2 Å². The number of carbonyl (C=O) groups is 12. The third-order valence-electron chi connectivity index (χ3n) is 23.2. The van der Waals surface area contributed by atoms with Gasteiger partial charge in [-0.15, -0.1) is 0 Å². The zero-order chi connectivity index (χ0) is 81.7. The summed E-state index contributed by atoms with van der Waals surface area (Å²) in [5.41, 5.74) is -12.5. The number of aliphatic hydroxyl groups is 4. The Balaban J connectivity index is 0.749. The second-order valence-electron chi connectivity index (χ2n) is 30.4. The van der Waals surface area contributed by atoms with Crippen LogP contribution >= 0.6 is 0 Å². The van der Waals surface area contributed by atoms with Crippen LogP contribution in [0.2, 0.25) is 0 Å². The predicted octanol–water partition coefficient (Wildman–Crippen LogP) is 5.33. The maximum absolute atomic E-state index is 16.5. The molecule has 5 aromatic carbocycles. The molecule has 0 radical (unpaired) electrons. The average Bonchev–Trinajstić information content (AvgIpc) is 0.666. The van der Waals surface area contributed by atoms with E-state index in [1.54, 1.807) is 66.7 Å². The minimum atomic E-state index is -2.61. The number of nitrogens with one attached hydrogen (secondary N) is 3. The average molecular weight is 1560 g/mol. The van der Waals surface area contributed by atoms with Gasteiger partial charge in [0, 0.05) is 93.0 Å². The van der Waals surface area contributed by atoms with Crippen molar-refractivity contribution >= 4 is 70.7 Å². The fourth-order valence-corrected chi connectivity index (χ4v) is 17.3. The van der Waals surface area contributed by atoms with E-state index in [2.05, 4.69) is 16.0 Å². The lowest BCUT2D eigenvalue weighted by Gasteiger charge is -2.67. The molecule has 2 saturated heterocycles. The van der Waals surface area contributed by atoms with E-state index in [1.807, 2.05) is 0 Å². The van der Waals surface area contributed by atoms with E-state index >= 15 is 4.79 Å². The van der Waals surface area contributed by atoms with Crippen LogP contribution in [-0.2, 0) is 82.7 Å². The van der Waals surface area contributed by atoms with E-state index in [0.717, 1.165) is 20.8 Å². The van der Waals surface area contributed by atoms with Gasteiger partial charge in [0.2, 0.25) is 17.6 Å². The summed E-state index contributed by atoms with van der Waals surface area (Å²) >= 11 is 0. The Bertz CT molecular complexity index is 4730. The third kappa shape index (κ3) is 15.0. The molecule has 2 saturated carbocycles. The van der Waals surface area contributed by atoms with Crippen molar-refractivity contribution in [3.05, 3.63) is 183 Å². The topological polar surface area (TPSA) is 445 Å². The smallest absolute Gasteiger partial charge is 0.338 e. The number of carbonyl (C=O) groups excluding carboxylic acids is 12. The Hall–Kier alpha value is -10.9. The van der Waals surface area contributed by atoms with Gasteiger partial charge in [-0.3, -0.25) is 47.9 Å². The molecule has 0 aromatic heterocycles. The first-order valence-electron chi connectivity index (χ1n) is 37.0. The van der Waals surface area contributed by atoms with Crippen LogP contribution in [0.15, 0.2) is 132 Å². The molecule has 4 fully saturated rings. The number of methoxy groups -OCH3 is 1. The number of ether oxygens (including phenoxy) is 9. The number of hydrogen-bond donors (Lipinski definition) is 9. The third-order valence-corrected chi connectivity index (χ3v) is 23.2. The van der Waals surface area contributed by atoms with Crippen molar-refractivity contribution in [3.63, 3.8) is 0 Å². The van der Waals surface area contributed by atoms with Crippen molar-refractivity contribution in [2.45, 2.75) is 197 Å². The van der Waals surface area contributed by atoms with Gasteiger partial charge in [0.1, 0.15) is 59.0 Å². The van der Waals surface area contributed by atoms with Crippen LogP contribution in [0.5, 0.6) is 17.2 Å². The number of ketones is 4. The Morgan fingerprint density at radius 2 is 1.35 bits per heavy atom. The fourth-order valence-electron chi connectivity index (χ4n) is 17.3. The largest absolute Gasteiger partial charge is 0.507 e. The minimum Gasteiger partial charge on any atom is -0.507 e. The number of phenols is 2. The molecule has 5 aromatic rings. The number of aromatic hydroxyl groups is 2. The van der Waals surface area contributed by atoms with E-state index < -0.39 is 232 Å². The standard InChI is InChI=1S/C83H89N3O27/c1-40-52(110-78(102)71(98)65(45-22-13-10-14-23-45)86-76(100)46-24-15-11-16-25-46)38-83(104)75(112-77(101)47-26-17-12-18-27-47)73-80(8,74(99)72(108-43(4)88)64(40)79(83,6)7)54(35-55-82(73,39-106-55)113-44(5)89)111-58(92)32-33-84-56(90)30-19-20-31-57(91)85-50-34-59(107-41(2)66(50)93)109-53-37-81(103,42(3)87)36-49-61(53)70(97)63-62(68(49)95)67(94)48-28-21-29-51(105-9)60(48)69(63)96/h10-29,41,50,52-55,59,65-66,71-73,75,93,95,97-98,103-104H,30-39H2,1-9H3,(H,84,90)(H,85,91)(H,86,100)/b20-19+/t41-,50-,52-,53-,54-,55+,59-,65-,66+,71+,72+,73-,75-,80+,81-,82-,83+/m0/s1. The molecule has 2 heterocycles. The van der Waals surface area contributed by atoms with Crippen molar-refractivity contribution in [3.8, 4) is 17.2 Å². The van der Waals surface area contributed by atoms with E-state index in [4.69, 9.17) is 42.6 Å². The SMILES string of the molecule is COc1cccc2c1C(=O)c1c(O)c3c(c(O)c1C2=O)C[C@@](O)(C(C)=O)C[C@@H]3O[C@H]1C[C@H](NC(=O)C/C=C/CC(=O)NCCC(=O)O[C@H]2C[C@H]3OC[C@@]3(OC(C)=O)[C@H]3[C@H](OC(=O)c4ccccc4)[C@]4(O)C[C@H](OC(=O)[C@H](O)[C@@H](NC(=O)c5ccccc5)c5ccccc5)C(C)=C([C@@H](OC(C)=O)C(=O)[C@]23C)C4(C)C)[C@H](O)[C@H](C)O1. The van der Waals surface area contributed by atoms with Crippen molar-refractivity contribution in [1.82, 2.24) is 16.0 Å². The molecule has 2 bridgehead atoms. The van der Waals surface area contributed by atoms with Crippen LogP contribution < -0.4 is 20.7 Å². The molecular formula is C83H89N3O27. The van der Waals surface area contributed by atoms with Gasteiger partial charge in [0.15, 0.2) is 41.4 Å². The van der Waals surface area contributed by atoms with Crippen LogP contribution in [0.1, 0.15) is 182 Å². The molecule has 7 aliphatic rings. The summed E-state index contributed by atoms with van der Waals surface area (Å²) in [6.07, 6.45) is -17.0.